The fraction of sp³-hybridized carbons (Fsp3) is 0.0714. The van der Waals surface area contributed by atoms with Gasteiger partial charge in [-0.1, -0.05) is 11.6 Å². The molecule has 0 fully saturated rings. The summed E-state index contributed by atoms with van der Waals surface area (Å²) in [5.74, 6) is 0.427. The van der Waals surface area contributed by atoms with E-state index in [9.17, 15) is 9.18 Å². The number of amides is 1. The number of nitrogens with one attached hydrogen (secondary N) is 1. The second kappa shape index (κ2) is 6.25. The third kappa shape index (κ3) is 3.61. The summed E-state index contributed by atoms with van der Waals surface area (Å²) in [7, 11) is 1.28. The predicted molar refractivity (Wildman–Crippen MR) is 74.0 cm³/mol. The molecule has 0 unspecified atom stereocenters. The summed E-state index contributed by atoms with van der Waals surface area (Å²) >= 11 is 5.86. The van der Waals surface area contributed by atoms with E-state index in [0.717, 1.165) is 0 Å². The summed E-state index contributed by atoms with van der Waals surface area (Å²) in [6.07, 6.45) is -0.555. The van der Waals surface area contributed by atoms with Gasteiger partial charge in [-0.2, -0.15) is 0 Å². The van der Waals surface area contributed by atoms with Crippen molar-refractivity contribution in [3.63, 3.8) is 0 Å². The molecule has 0 saturated carbocycles. The third-order valence-electron chi connectivity index (χ3n) is 2.41. The van der Waals surface area contributed by atoms with Crippen LogP contribution in [0.1, 0.15) is 0 Å². The second-order valence-corrected chi connectivity index (χ2v) is 4.22. The highest BCUT2D eigenvalue weighted by Crippen LogP contribution is 2.30. The molecule has 0 aromatic heterocycles. The fourth-order valence-corrected chi connectivity index (χ4v) is 1.67. The minimum Gasteiger partial charge on any atom is -0.456 e. The highest BCUT2D eigenvalue weighted by Gasteiger charge is 2.05. The van der Waals surface area contributed by atoms with Crippen LogP contribution in [-0.4, -0.2) is 13.2 Å². The standard InChI is InChI=1S/C14H11ClFNO3/c1-19-14(18)17-10-3-5-11(6-4-10)20-13-7-2-9(16)8-12(13)15/h2-8H,1H3,(H,17,18). The van der Waals surface area contributed by atoms with Crippen LogP contribution in [0.4, 0.5) is 14.9 Å². The van der Waals surface area contributed by atoms with E-state index in [2.05, 4.69) is 10.1 Å². The third-order valence-corrected chi connectivity index (χ3v) is 2.70. The first-order valence-electron chi connectivity index (χ1n) is 5.66. The fourth-order valence-electron chi connectivity index (χ4n) is 1.46. The zero-order valence-electron chi connectivity index (χ0n) is 10.5. The molecule has 104 valence electrons. The van der Waals surface area contributed by atoms with Crippen molar-refractivity contribution in [2.24, 2.45) is 0 Å². The molecule has 0 atom stereocenters. The molecule has 4 nitrogen and oxygen atoms in total. The first-order valence-corrected chi connectivity index (χ1v) is 6.04. The van der Waals surface area contributed by atoms with Crippen molar-refractivity contribution >= 4 is 23.4 Å². The van der Waals surface area contributed by atoms with Crippen LogP contribution in [0.3, 0.4) is 0 Å². The van der Waals surface area contributed by atoms with Crippen LogP contribution >= 0.6 is 11.6 Å². The van der Waals surface area contributed by atoms with Crippen molar-refractivity contribution in [2.45, 2.75) is 0 Å². The lowest BCUT2D eigenvalue weighted by molar-refractivity contribution is 0.187. The summed E-state index contributed by atoms with van der Waals surface area (Å²) in [6.45, 7) is 0. The Kier molecular flexibility index (Phi) is 4.42. The van der Waals surface area contributed by atoms with Gasteiger partial charge >= 0.3 is 6.09 Å². The van der Waals surface area contributed by atoms with E-state index in [0.29, 0.717) is 17.2 Å². The molecule has 0 heterocycles. The predicted octanol–water partition coefficient (Wildman–Crippen LogP) is 4.45. The van der Waals surface area contributed by atoms with Gasteiger partial charge in [-0.3, -0.25) is 5.32 Å². The molecule has 1 amide bonds. The number of halogens is 2. The SMILES string of the molecule is COC(=O)Nc1ccc(Oc2ccc(F)cc2Cl)cc1. The minimum atomic E-state index is -0.555. The lowest BCUT2D eigenvalue weighted by Gasteiger charge is -2.08. The zero-order chi connectivity index (χ0) is 14.5. The molecule has 0 saturated heterocycles. The van der Waals surface area contributed by atoms with Gasteiger partial charge < -0.3 is 9.47 Å². The molecular formula is C14H11ClFNO3. The number of rotatable bonds is 3. The first kappa shape index (κ1) is 14.1. The number of carbonyl (C=O) groups excluding carboxylic acids is 1. The average Bonchev–Trinajstić information content (AvgIpc) is 2.44. The van der Waals surface area contributed by atoms with Gasteiger partial charge in [-0.25, -0.2) is 9.18 Å². The Morgan fingerprint density at radius 2 is 1.90 bits per heavy atom. The van der Waals surface area contributed by atoms with Crippen LogP contribution in [0.5, 0.6) is 11.5 Å². The van der Waals surface area contributed by atoms with E-state index in [1.165, 1.54) is 25.3 Å². The summed E-state index contributed by atoms with van der Waals surface area (Å²) in [5, 5.41) is 2.69. The van der Waals surface area contributed by atoms with Crippen molar-refractivity contribution in [2.75, 3.05) is 12.4 Å². The number of methoxy groups -OCH3 is 1. The molecule has 0 spiro atoms. The van der Waals surface area contributed by atoms with E-state index in [1.54, 1.807) is 24.3 Å². The number of hydrogen-bond acceptors (Lipinski definition) is 3. The Bertz CT molecular complexity index is 616. The summed E-state index contributed by atoms with van der Waals surface area (Å²) in [6, 6.07) is 10.4. The summed E-state index contributed by atoms with van der Waals surface area (Å²) in [5.41, 5.74) is 0.564. The zero-order valence-corrected chi connectivity index (χ0v) is 11.3. The van der Waals surface area contributed by atoms with Gasteiger partial charge in [0.05, 0.1) is 12.1 Å². The number of carbonyl (C=O) groups is 1. The quantitative estimate of drug-likeness (QED) is 0.910. The molecule has 1 N–H and O–H groups in total. The number of hydrogen-bond donors (Lipinski definition) is 1. The van der Waals surface area contributed by atoms with Crippen molar-refractivity contribution in [1.82, 2.24) is 0 Å². The number of anilines is 1. The largest absolute Gasteiger partial charge is 0.456 e. The second-order valence-electron chi connectivity index (χ2n) is 3.82. The average molecular weight is 296 g/mol. The Labute approximate surface area is 120 Å². The molecule has 0 aliphatic carbocycles. The van der Waals surface area contributed by atoms with E-state index in [-0.39, 0.29) is 5.02 Å². The maximum absolute atomic E-state index is 12.9. The smallest absolute Gasteiger partial charge is 0.411 e. The molecule has 2 rings (SSSR count). The van der Waals surface area contributed by atoms with Crippen LogP contribution in [-0.2, 0) is 4.74 Å². The van der Waals surface area contributed by atoms with Gasteiger partial charge in [0.25, 0.3) is 0 Å². The summed E-state index contributed by atoms with van der Waals surface area (Å²) in [4.78, 5) is 11.0. The van der Waals surface area contributed by atoms with E-state index < -0.39 is 11.9 Å². The highest BCUT2D eigenvalue weighted by molar-refractivity contribution is 6.32. The van der Waals surface area contributed by atoms with Gasteiger partial charge in [0.2, 0.25) is 0 Å². The van der Waals surface area contributed by atoms with Crippen LogP contribution in [0.15, 0.2) is 42.5 Å². The van der Waals surface area contributed by atoms with Crippen LogP contribution in [0, 0.1) is 5.82 Å². The lowest BCUT2D eigenvalue weighted by Crippen LogP contribution is -2.10. The highest BCUT2D eigenvalue weighted by atomic mass is 35.5. The van der Waals surface area contributed by atoms with Gasteiger partial charge in [-0.05, 0) is 42.5 Å². The Hall–Kier alpha value is -2.27. The number of ether oxygens (including phenoxy) is 2. The topological polar surface area (TPSA) is 47.6 Å². The first-order chi connectivity index (χ1) is 9.58. The lowest BCUT2D eigenvalue weighted by atomic mass is 10.3. The van der Waals surface area contributed by atoms with Crippen molar-refractivity contribution < 1.29 is 18.7 Å². The Balaban J connectivity index is 2.08. The molecule has 0 bridgehead atoms. The minimum absolute atomic E-state index is 0.182. The van der Waals surface area contributed by atoms with Crippen LogP contribution in [0.2, 0.25) is 5.02 Å². The van der Waals surface area contributed by atoms with E-state index >= 15 is 0 Å². The van der Waals surface area contributed by atoms with Crippen LogP contribution < -0.4 is 10.1 Å². The molecule has 20 heavy (non-hydrogen) atoms. The van der Waals surface area contributed by atoms with Gasteiger partial charge in [0, 0.05) is 5.69 Å². The van der Waals surface area contributed by atoms with Gasteiger partial charge in [0.15, 0.2) is 0 Å². The summed E-state index contributed by atoms with van der Waals surface area (Å²) < 4.78 is 22.9. The van der Waals surface area contributed by atoms with Gasteiger partial charge in [-0.15, -0.1) is 0 Å². The van der Waals surface area contributed by atoms with Gasteiger partial charge in [0.1, 0.15) is 17.3 Å². The molecule has 6 heteroatoms. The normalized spacial score (nSPS) is 9.95. The van der Waals surface area contributed by atoms with Crippen molar-refractivity contribution in [3.8, 4) is 11.5 Å². The maximum Gasteiger partial charge on any atom is 0.411 e. The monoisotopic (exact) mass is 295 g/mol. The Morgan fingerprint density at radius 1 is 1.20 bits per heavy atom. The Morgan fingerprint density at radius 3 is 2.50 bits per heavy atom. The van der Waals surface area contributed by atoms with Crippen LogP contribution in [0.25, 0.3) is 0 Å². The molecule has 0 aliphatic heterocycles. The van der Waals surface area contributed by atoms with Crippen molar-refractivity contribution in [1.29, 1.82) is 0 Å². The molecule has 2 aromatic carbocycles. The molecule has 0 aliphatic rings. The molecule has 0 radical (unpaired) electrons. The van der Waals surface area contributed by atoms with E-state index in [1.807, 2.05) is 0 Å². The molecule has 2 aromatic rings. The molecular weight excluding hydrogens is 285 g/mol. The number of benzene rings is 2. The van der Waals surface area contributed by atoms with E-state index in [4.69, 9.17) is 16.3 Å². The maximum atomic E-state index is 12.9. The van der Waals surface area contributed by atoms with Crippen molar-refractivity contribution in [3.05, 3.63) is 53.3 Å².